The van der Waals surface area contributed by atoms with E-state index in [2.05, 4.69) is 9.97 Å². The van der Waals surface area contributed by atoms with Gasteiger partial charge in [-0.2, -0.15) is 13.2 Å². The summed E-state index contributed by atoms with van der Waals surface area (Å²) in [5, 5.41) is 0.0632. The molecule has 0 unspecified atom stereocenters. The Kier molecular flexibility index (Phi) is 5.25. The Morgan fingerprint density at radius 2 is 1.83 bits per heavy atom. The van der Waals surface area contributed by atoms with Crippen molar-refractivity contribution in [3.63, 3.8) is 0 Å². The Bertz CT molecular complexity index is 687. The second-order valence-electron chi connectivity index (χ2n) is 4.91. The molecular formula is C15H14F3N3OS. The van der Waals surface area contributed by atoms with E-state index in [-0.39, 0.29) is 11.1 Å². The smallest absolute Gasteiger partial charge is 0.345 e. The topological polar surface area (TPSA) is 46.1 Å². The highest BCUT2D eigenvalue weighted by Crippen LogP contribution is 2.29. The Morgan fingerprint density at radius 3 is 2.39 bits per heavy atom. The second-order valence-corrected chi connectivity index (χ2v) is 5.85. The SMILES string of the molecule is CN(C)C(=O)c1ccc(CSc2nccc(C(F)(F)F)n2)cc1. The van der Waals surface area contributed by atoms with Crippen LogP contribution in [0.4, 0.5) is 13.2 Å². The number of benzene rings is 1. The molecule has 1 aromatic heterocycles. The largest absolute Gasteiger partial charge is 0.433 e. The monoisotopic (exact) mass is 341 g/mol. The summed E-state index contributed by atoms with van der Waals surface area (Å²) < 4.78 is 37.7. The maximum Gasteiger partial charge on any atom is 0.433 e. The number of aromatic nitrogens is 2. The van der Waals surface area contributed by atoms with Crippen LogP contribution in [0.5, 0.6) is 0 Å². The molecule has 0 atom stereocenters. The van der Waals surface area contributed by atoms with Crippen molar-refractivity contribution < 1.29 is 18.0 Å². The zero-order valence-corrected chi connectivity index (χ0v) is 13.3. The number of amides is 1. The van der Waals surface area contributed by atoms with Gasteiger partial charge in [0.05, 0.1) is 0 Å². The number of halogens is 3. The molecule has 8 heteroatoms. The molecule has 4 nitrogen and oxygen atoms in total. The van der Waals surface area contributed by atoms with Crippen molar-refractivity contribution in [1.82, 2.24) is 14.9 Å². The summed E-state index contributed by atoms with van der Waals surface area (Å²) in [6.45, 7) is 0. The molecule has 0 saturated carbocycles. The molecule has 2 rings (SSSR count). The van der Waals surface area contributed by atoms with Crippen LogP contribution in [0.3, 0.4) is 0 Å². The Labute approximate surface area is 135 Å². The van der Waals surface area contributed by atoms with E-state index in [1.54, 1.807) is 38.4 Å². The normalized spacial score (nSPS) is 11.3. The summed E-state index contributed by atoms with van der Waals surface area (Å²) >= 11 is 1.11. The molecule has 0 spiro atoms. The lowest BCUT2D eigenvalue weighted by Crippen LogP contribution is -2.21. The minimum atomic E-state index is -4.48. The van der Waals surface area contributed by atoms with E-state index in [4.69, 9.17) is 0 Å². The van der Waals surface area contributed by atoms with E-state index < -0.39 is 11.9 Å². The van der Waals surface area contributed by atoms with Gasteiger partial charge in [-0.25, -0.2) is 9.97 Å². The quantitative estimate of drug-likeness (QED) is 0.631. The number of carbonyl (C=O) groups excluding carboxylic acids is 1. The standard InChI is InChI=1S/C15H14F3N3OS/c1-21(2)13(22)11-5-3-10(4-6-11)9-23-14-19-8-7-12(20-14)15(16,17)18/h3-8H,9H2,1-2H3. The van der Waals surface area contributed by atoms with Gasteiger partial charge in [0.1, 0.15) is 5.69 Å². The van der Waals surface area contributed by atoms with Crippen molar-refractivity contribution in [2.75, 3.05) is 14.1 Å². The number of hydrogen-bond acceptors (Lipinski definition) is 4. The fourth-order valence-electron chi connectivity index (χ4n) is 1.72. The maximum absolute atomic E-state index is 12.6. The predicted octanol–water partition coefficient (Wildman–Crippen LogP) is 3.49. The van der Waals surface area contributed by atoms with Gasteiger partial charge >= 0.3 is 6.18 Å². The molecule has 0 N–H and O–H groups in total. The first kappa shape index (κ1) is 17.3. The molecule has 0 fully saturated rings. The van der Waals surface area contributed by atoms with Crippen molar-refractivity contribution in [3.05, 3.63) is 53.3 Å². The molecule has 0 aliphatic carbocycles. The zero-order chi connectivity index (χ0) is 17.0. The van der Waals surface area contributed by atoms with Gasteiger partial charge in [0.15, 0.2) is 5.16 Å². The molecule has 0 aliphatic rings. The van der Waals surface area contributed by atoms with Crippen LogP contribution in [0.25, 0.3) is 0 Å². The molecule has 23 heavy (non-hydrogen) atoms. The number of thioether (sulfide) groups is 1. The molecule has 1 amide bonds. The van der Waals surface area contributed by atoms with Crippen LogP contribution in [0, 0.1) is 0 Å². The number of alkyl halides is 3. The predicted molar refractivity (Wildman–Crippen MR) is 81.1 cm³/mol. The Balaban J connectivity index is 2.03. The number of carbonyl (C=O) groups is 1. The van der Waals surface area contributed by atoms with E-state index in [1.165, 1.54) is 4.90 Å². The van der Waals surface area contributed by atoms with Crippen LogP contribution in [0.15, 0.2) is 41.7 Å². The van der Waals surface area contributed by atoms with Crippen molar-refractivity contribution in [1.29, 1.82) is 0 Å². The number of nitrogens with zero attached hydrogens (tertiary/aromatic N) is 3. The first-order chi connectivity index (χ1) is 10.8. The third kappa shape index (κ3) is 4.69. The first-order valence-electron chi connectivity index (χ1n) is 6.61. The molecule has 0 aliphatic heterocycles. The average Bonchev–Trinajstić information content (AvgIpc) is 2.52. The summed E-state index contributed by atoms with van der Waals surface area (Å²) in [4.78, 5) is 20.6. The van der Waals surface area contributed by atoms with Crippen molar-refractivity contribution in [2.45, 2.75) is 17.1 Å². The Morgan fingerprint density at radius 1 is 1.17 bits per heavy atom. The van der Waals surface area contributed by atoms with Crippen LogP contribution in [0.2, 0.25) is 0 Å². The highest BCUT2D eigenvalue weighted by atomic mass is 32.2. The van der Waals surface area contributed by atoms with Gasteiger partial charge < -0.3 is 4.90 Å². The van der Waals surface area contributed by atoms with Gasteiger partial charge in [-0.1, -0.05) is 23.9 Å². The fraction of sp³-hybridized carbons (Fsp3) is 0.267. The highest BCUT2D eigenvalue weighted by molar-refractivity contribution is 7.98. The van der Waals surface area contributed by atoms with E-state index >= 15 is 0 Å². The third-order valence-corrected chi connectivity index (χ3v) is 3.83. The zero-order valence-electron chi connectivity index (χ0n) is 12.5. The van der Waals surface area contributed by atoms with Crippen LogP contribution < -0.4 is 0 Å². The molecular weight excluding hydrogens is 327 g/mol. The van der Waals surface area contributed by atoms with E-state index in [0.717, 1.165) is 29.6 Å². The summed E-state index contributed by atoms with van der Waals surface area (Å²) in [5.74, 6) is 0.308. The van der Waals surface area contributed by atoms with Gasteiger partial charge in [0.2, 0.25) is 0 Å². The fourth-order valence-corrected chi connectivity index (χ4v) is 2.50. The lowest BCUT2D eigenvalue weighted by molar-refractivity contribution is -0.141. The minimum absolute atomic E-state index is 0.0632. The molecule has 0 radical (unpaired) electrons. The highest BCUT2D eigenvalue weighted by Gasteiger charge is 2.32. The number of rotatable bonds is 4. The van der Waals surface area contributed by atoms with Crippen LogP contribution in [-0.4, -0.2) is 34.9 Å². The van der Waals surface area contributed by atoms with Gasteiger partial charge in [-0.3, -0.25) is 4.79 Å². The lowest BCUT2D eigenvalue weighted by atomic mass is 10.1. The van der Waals surface area contributed by atoms with Crippen LogP contribution in [0.1, 0.15) is 21.6 Å². The molecule has 2 aromatic rings. The van der Waals surface area contributed by atoms with E-state index in [1.807, 2.05) is 0 Å². The van der Waals surface area contributed by atoms with Crippen molar-refractivity contribution in [3.8, 4) is 0 Å². The summed E-state index contributed by atoms with van der Waals surface area (Å²) in [6.07, 6.45) is -3.39. The van der Waals surface area contributed by atoms with Gasteiger partial charge in [-0.05, 0) is 23.8 Å². The second kappa shape index (κ2) is 6.99. The lowest BCUT2D eigenvalue weighted by Gasteiger charge is -2.10. The van der Waals surface area contributed by atoms with Crippen molar-refractivity contribution in [2.24, 2.45) is 0 Å². The minimum Gasteiger partial charge on any atom is -0.345 e. The molecule has 1 aromatic carbocycles. The molecule has 1 heterocycles. The van der Waals surface area contributed by atoms with Crippen LogP contribution in [-0.2, 0) is 11.9 Å². The molecule has 122 valence electrons. The molecule has 0 saturated heterocycles. The van der Waals surface area contributed by atoms with E-state index in [9.17, 15) is 18.0 Å². The average molecular weight is 341 g/mol. The van der Waals surface area contributed by atoms with Gasteiger partial charge in [0, 0.05) is 31.6 Å². The molecule has 0 bridgehead atoms. The summed E-state index contributed by atoms with van der Waals surface area (Å²) in [5.41, 5.74) is 0.465. The summed E-state index contributed by atoms with van der Waals surface area (Å²) in [6, 6.07) is 7.73. The van der Waals surface area contributed by atoms with Gasteiger partial charge in [0.25, 0.3) is 5.91 Å². The number of hydrogen-bond donors (Lipinski definition) is 0. The van der Waals surface area contributed by atoms with Crippen LogP contribution >= 0.6 is 11.8 Å². The Hall–Kier alpha value is -2.09. The van der Waals surface area contributed by atoms with E-state index in [0.29, 0.717) is 11.3 Å². The van der Waals surface area contributed by atoms with Gasteiger partial charge in [-0.15, -0.1) is 0 Å². The maximum atomic E-state index is 12.6. The third-order valence-electron chi connectivity index (χ3n) is 2.90. The summed E-state index contributed by atoms with van der Waals surface area (Å²) in [7, 11) is 3.33. The first-order valence-corrected chi connectivity index (χ1v) is 7.59. The van der Waals surface area contributed by atoms with Crippen molar-refractivity contribution >= 4 is 17.7 Å².